The van der Waals surface area contributed by atoms with Gasteiger partial charge in [0.1, 0.15) is 0 Å². The van der Waals surface area contributed by atoms with Gasteiger partial charge in [-0.15, -0.1) is 0 Å². The predicted octanol–water partition coefficient (Wildman–Crippen LogP) is 1.04. The minimum atomic E-state index is -0.125. The number of hydrogen-bond donors (Lipinski definition) is 2. The summed E-state index contributed by atoms with van der Waals surface area (Å²) < 4.78 is 5.24. The first kappa shape index (κ1) is 14.4. The van der Waals surface area contributed by atoms with Crippen molar-refractivity contribution in [3.8, 4) is 0 Å². The minimum absolute atomic E-state index is 0.125. The Balaban J connectivity index is 0. The Morgan fingerprint density at radius 3 is 1.92 bits per heavy atom. The zero-order chi connectivity index (χ0) is 9.82. The highest BCUT2D eigenvalue weighted by Crippen LogP contribution is 1.92. The third-order valence-electron chi connectivity index (χ3n) is 0.900. The summed E-state index contributed by atoms with van der Waals surface area (Å²) in [4.78, 5) is 0. The van der Waals surface area contributed by atoms with Gasteiger partial charge in [-0.1, -0.05) is 20.8 Å². The van der Waals surface area contributed by atoms with Crippen molar-refractivity contribution in [2.75, 3.05) is 26.4 Å². The molecule has 0 aromatic heterocycles. The normalized spacial score (nSPS) is 9.50. The Bertz CT molecular complexity index is 62.8. The first-order chi connectivity index (χ1) is 5.68. The van der Waals surface area contributed by atoms with E-state index in [1.165, 1.54) is 0 Å². The lowest BCUT2D eigenvalue weighted by molar-refractivity contribution is 0.110. The highest BCUT2D eigenvalue weighted by atomic mass is 16.5. The average molecular weight is 178 g/mol. The zero-order valence-corrected chi connectivity index (χ0v) is 8.42. The van der Waals surface area contributed by atoms with Crippen LogP contribution in [0.4, 0.5) is 0 Å². The van der Waals surface area contributed by atoms with Crippen molar-refractivity contribution in [2.24, 2.45) is 5.92 Å². The standard InChI is InChI=1S/C7H16O.C2H6O2/c1-4-5-8-6-7(2)3;3-1-2-4/h7H,4-6H2,1-3H3;3-4H,1-2H2. The van der Waals surface area contributed by atoms with Crippen LogP contribution in [0.5, 0.6) is 0 Å². The molecule has 12 heavy (non-hydrogen) atoms. The first-order valence-corrected chi connectivity index (χ1v) is 4.48. The van der Waals surface area contributed by atoms with Gasteiger partial charge in [-0.3, -0.25) is 0 Å². The Hall–Kier alpha value is -0.120. The smallest absolute Gasteiger partial charge is 0.0662 e. The molecule has 0 aliphatic heterocycles. The van der Waals surface area contributed by atoms with E-state index in [2.05, 4.69) is 20.8 Å². The second kappa shape index (κ2) is 13.5. The van der Waals surface area contributed by atoms with E-state index < -0.39 is 0 Å². The maximum atomic E-state index is 7.62. The van der Waals surface area contributed by atoms with Gasteiger partial charge in [0, 0.05) is 13.2 Å². The van der Waals surface area contributed by atoms with Gasteiger partial charge in [-0.2, -0.15) is 0 Å². The minimum Gasteiger partial charge on any atom is -0.394 e. The fraction of sp³-hybridized carbons (Fsp3) is 1.00. The summed E-state index contributed by atoms with van der Waals surface area (Å²) >= 11 is 0. The molecule has 3 nitrogen and oxygen atoms in total. The quantitative estimate of drug-likeness (QED) is 0.618. The maximum Gasteiger partial charge on any atom is 0.0662 e. The van der Waals surface area contributed by atoms with Crippen molar-refractivity contribution in [1.82, 2.24) is 0 Å². The maximum absolute atomic E-state index is 7.62. The summed E-state index contributed by atoms with van der Waals surface area (Å²) in [6.45, 7) is 8.03. The SMILES string of the molecule is CCCOCC(C)C.OCCO. The van der Waals surface area contributed by atoms with Crippen LogP contribution in [0.15, 0.2) is 0 Å². The van der Waals surface area contributed by atoms with E-state index in [0.717, 1.165) is 19.6 Å². The second-order valence-corrected chi connectivity index (χ2v) is 2.92. The molecule has 0 fully saturated rings. The number of rotatable bonds is 5. The van der Waals surface area contributed by atoms with Gasteiger partial charge >= 0.3 is 0 Å². The molecule has 0 heterocycles. The molecule has 76 valence electrons. The summed E-state index contributed by atoms with van der Waals surface area (Å²) in [6, 6.07) is 0. The molecule has 0 spiro atoms. The number of ether oxygens (including phenoxy) is 1. The molecular formula is C9H22O3. The third kappa shape index (κ3) is 22.5. The van der Waals surface area contributed by atoms with Gasteiger partial charge in [0.2, 0.25) is 0 Å². The lowest BCUT2D eigenvalue weighted by Gasteiger charge is -2.03. The van der Waals surface area contributed by atoms with E-state index in [-0.39, 0.29) is 13.2 Å². The summed E-state index contributed by atoms with van der Waals surface area (Å²) in [5.41, 5.74) is 0. The lowest BCUT2D eigenvalue weighted by atomic mass is 10.2. The van der Waals surface area contributed by atoms with Crippen molar-refractivity contribution in [3.05, 3.63) is 0 Å². The fourth-order valence-electron chi connectivity index (χ4n) is 0.463. The number of aliphatic hydroxyl groups is 2. The molecule has 3 heteroatoms. The Labute approximate surface area is 75.4 Å². The molecule has 0 radical (unpaired) electrons. The molecule has 0 atom stereocenters. The third-order valence-corrected chi connectivity index (χ3v) is 0.900. The van der Waals surface area contributed by atoms with Crippen LogP contribution in [-0.2, 0) is 4.74 Å². The van der Waals surface area contributed by atoms with E-state index in [9.17, 15) is 0 Å². The molecule has 0 rings (SSSR count). The number of aliphatic hydroxyl groups excluding tert-OH is 2. The van der Waals surface area contributed by atoms with Gasteiger partial charge in [-0.05, 0) is 12.3 Å². The van der Waals surface area contributed by atoms with E-state index >= 15 is 0 Å². The van der Waals surface area contributed by atoms with E-state index in [1.807, 2.05) is 0 Å². The summed E-state index contributed by atoms with van der Waals surface area (Å²) in [5, 5.41) is 15.2. The summed E-state index contributed by atoms with van der Waals surface area (Å²) in [6.07, 6.45) is 1.13. The van der Waals surface area contributed by atoms with Crippen molar-refractivity contribution >= 4 is 0 Å². The number of hydrogen-bond acceptors (Lipinski definition) is 3. The van der Waals surface area contributed by atoms with Crippen LogP contribution in [0, 0.1) is 5.92 Å². The molecule has 2 N–H and O–H groups in total. The van der Waals surface area contributed by atoms with Crippen molar-refractivity contribution in [1.29, 1.82) is 0 Å². The highest BCUT2D eigenvalue weighted by Gasteiger charge is 1.90. The molecule has 0 unspecified atom stereocenters. The Morgan fingerprint density at radius 2 is 1.67 bits per heavy atom. The van der Waals surface area contributed by atoms with Crippen LogP contribution in [0.1, 0.15) is 27.2 Å². The fourth-order valence-corrected chi connectivity index (χ4v) is 0.463. The largest absolute Gasteiger partial charge is 0.394 e. The summed E-state index contributed by atoms with van der Waals surface area (Å²) in [7, 11) is 0. The zero-order valence-electron chi connectivity index (χ0n) is 8.42. The van der Waals surface area contributed by atoms with Gasteiger partial charge < -0.3 is 14.9 Å². The first-order valence-electron chi connectivity index (χ1n) is 4.48. The molecule has 0 aliphatic rings. The second-order valence-electron chi connectivity index (χ2n) is 2.92. The van der Waals surface area contributed by atoms with Gasteiger partial charge in [-0.25, -0.2) is 0 Å². The Kier molecular flexibility index (Phi) is 16.2. The summed E-state index contributed by atoms with van der Waals surface area (Å²) in [5.74, 6) is 0.682. The molecule has 0 aromatic rings. The van der Waals surface area contributed by atoms with Crippen LogP contribution >= 0.6 is 0 Å². The van der Waals surface area contributed by atoms with Crippen molar-refractivity contribution < 1.29 is 14.9 Å². The van der Waals surface area contributed by atoms with Crippen LogP contribution < -0.4 is 0 Å². The van der Waals surface area contributed by atoms with E-state index in [4.69, 9.17) is 14.9 Å². The molecule has 0 bridgehead atoms. The molecule has 0 aromatic carbocycles. The molecule has 0 saturated heterocycles. The highest BCUT2D eigenvalue weighted by molar-refractivity contribution is 4.38. The van der Waals surface area contributed by atoms with Crippen LogP contribution in [0.25, 0.3) is 0 Å². The lowest BCUT2D eigenvalue weighted by Crippen LogP contribution is -2.01. The Morgan fingerprint density at radius 1 is 1.17 bits per heavy atom. The molecular weight excluding hydrogens is 156 g/mol. The topological polar surface area (TPSA) is 49.7 Å². The molecule has 0 aliphatic carbocycles. The van der Waals surface area contributed by atoms with E-state index in [0.29, 0.717) is 5.92 Å². The van der Waals surface area contributed by atoms with Crippen LogP contribution in [0.2, 0.25) is 0 Å². The van der Waals surface area contributed by atoms with Gasteiger partial charge in [0.05, 0.1) is 13.2 Å². The monoisotopic (exact) mass is 178 g/mol. The molecule has 0 amide bonds. The van der Waals surface area contributed by atoms with E-state index in [1.54, 1.807) is 0 Å². The van der Waals surface area contributed by atoms with Gasteiger partial charge in [0.15, 0.2) is 0 Å². The van der Waals surface area contributed by atoms with Gasteiger partial charge in [0.25, 0.3) is 0 Å². The average Bonchev–Trinajstić information content (AvgIpc) is 2.05. The predicted molar refractivity (Wildman–Crippen MR) is 50.1 cm³/mol. The van der Waals surface area contributed by atoms with Crippen LogP contribution in [0.3, 0.4) is 0 Å². The van der Waals surface area contributed by atoms with Crippen molar-refractivity contribution in [3.63, 3.8) is 0 Å². The van der Waals surface area contributed by atoms with Crippen molar-refractivity contribution in [2.45, 2.75) is 27.2 Å². The van der Waals surface area contributed by atoms with Crippen LogP contribution in [-0.4, -0.2) is 36.6 Å². The molecule has 0 saturated carbocycles.